The van der Waals surface area contributed by atoms with Crippen LogP contribution in [-0.2, 0) is 50.6 Å². The third kappa shape index (κ3) is 8.66. The van der Waals surface area contributed by atoms with Gasteiger partial charge >= 0.3 is 6.09 Å². The number of nitrogens with one attached hydrogen (secondary N) is 1. The van der Waals surface area contributed by atoms with Crippen LogP contribution >= 0.6 is 11.8 Å². The second-order valence-corrected chi connectivity index (χ2v) is 13.9. The van der Waals surface area contributed by atoms with Crippen molar-refractivity contribution in [2.45, 2.75) is 62.3 Å². The zero-order chi connectivity index (χ0) is 36.7. The molecule has 2 fully saturated rings. The van der Waals surface area contributed by atoms with E-state index in [0.29, 0.717) is 12.2 Å². The van der Waals surface area contributed by atoms with Crippen LogP contribution in [0.15, 0.2) is 115 Å². The van der Waals surface area contributed by atoms with Gasteiger partial charge in [0.15, 0.2) is 11.4 Å². The Morgan fingerprint density at radius 3 is 2.40 bits per heavy atom. The number of amides is 3. The molecule has 7 rings (SSSR count). The van der Waals surface area contributed by atoms with E-state index in [0.717, 1.165) is 44.1 Å². The summed E-state index contributed by atoms with van der Waals surface area (Å²) in [6.07, 6.45) is 0.415. The van der Waals surface area contributed by atoms with Crippen molar-refractivity contribution in [3.63, 3.8) is 0 Å². The van der Waals surface area contributed by atoms with Gasteiger partial charge in [-0.15, -0.1) is 10.2 Å². The SMILES string of the molecule is Cn1cnnc1SCC1CC(c2ccc(CO)cc2)OC(c2ccc(-c3ccccc3CN3C(=O)CC(NC(=O)OCc4ccccc4)C3=O)cc2)O1. The van der Waals surface area contributed by atoms with Crippen LogP contribution in [0.3, 0.4) is 0 Å². The summed E-state index contributed by atoms with van der Waals surface area (Å²) in [7, 11) is 1.91. The zero-order valence-corrected chi connectivity index (χ0v) is 29.9. The number of carbonyl (C=O) groups excluding carboxylic acids is 3. The van der Waals surface area contributed by atoms with Gasteiger partial charge < -0.3 is 29.2 Å². The van der Waals surface area contributed by atoms with Crippen molar-refractivity contribution < 1.29 is 33.7 Å². The average molecular weight is 734 g/mol. The van der Waals surface area contributed by atoms with Crippen LogP contribution in [-0.4, -0.2) is 60.6 Å². The lowest BCUT2D eigenvalue weighted by atomic mass is 9.97. The van der Waals surface area contributed by atoms with Crippen LogP contribution in [0.25, 0.3) is 11.1 Å². The number of likely N-dealkylation sites (tertiary alicyclic amines) is 1. The molecule has 2 aliphatic rings. The summed E-state index contributed by atoms with van der Waals surface area (Å²) in [5.74, 6) is -0.189. The molecule has 4 aromatic carbocycles. The maximum Gasteiger partial charge on any atom is 0.408 e. The van der Waals surface area contributed by atoms with Crippen molar-refractivity contribution in [1.29, 1.82) is 0 Å². The number of alkyl carbamates (subject to hydrolysis) is 1. The number of aliphatic hydroxyl groups excluding tert-OH is 1. The second kappa shape index (κ2) is 16.6. The maximum atomic E-state index is 13.3. The Morgan fingerprint density at radius 2 is 1.66 bits per heavy atom. The average Bonchev–Trinajstić information content (AvgIpc) is 3.73. The van der Waals surface area contributed by atoms with Crippen LogP contribution in [0.1, 0.15) is 53.1 Å². The Hall–Kier alpha value is -5.34. The van der Waals surface area contributed by atoms with Gasteiger partial charge in [-0.25, -0.2) is 4.79 Å². The minimum absolute atomic E-state index is 0.0294. The topological polar surface area (TPSA) is 145 Å². The lowest BCUT2D eigenvalue weighted by Crippen LogP contribution is -2.41. The molecule has 4 atom stereocenters. The molecule has 53 heavy (non-hydrogen) atoms. The first-order chi connectivity index (χ1) is 25.8. The highest BCUT2D eigenvalue weighted by atomic mass is 32.2. The molecule has 1 aromatic heterocycles. The smallest absolute Gasteiger partial charge is 0.408 e. The number of imide groups is 1. The summed E-state index contributed by atoms with van der Waals surface area (Å²) in [5.41, 5.74) is 6.03. The summed E-state index contributed by atoms with van der Waals surface area (Å²) in [6, 6.07) is 31.5. The van der Waals surface area contributed by atoms with E-state index in [9.17, 15) is 19.5 Å². The maximum absolute atomic E-state index is 13.3. The van der Waals surface area contributed by atoms with E-state index in [2.05, 4.69) is 15.5 Å². The fraction of sp³-hybridized carbons (Fsp3) is 0.275. The largest absolute Gasteiger partial charge is 0.445 e. The van der Waals surface area contributed by atoms with Crippen LogP contribution < -0.4 is 5.32 Å². The van der Waals surface area contributed by atoms with Gasteiger partial charge in [-0.2, -0.15) is 0 Å². The third-order valence-electron chi connectivity index (χ3n) is 9.27. The highest BCUT2D eigenvalue weighted by Crippen LogP contribution is 2.40. The van der Waals surface area contributed by atoms with E-state index in [1.165, 1.54) is 4.90 Å². The minimum Gasteiger partial charge on any atom is -0.445 e. The monoisotopic (exact) mass is 733 g/mol. The molecule has 272 valence electrons. The summed E-state index contributed by atoms with van der Waals surface area (Å²) in [5, 5.41) is 21.1. The first-order valence-corrected chi connectivity index (χ1v) is 18.3. The number of benzene rings is 4. The molecule has 5 aromatic rings. The van der Waals surface area contributed by atoms with E-state index in [1.807, 2.05) is 115 Å². The van der Waals surface area contributed by atoms with Crippen molar-refractivity contribution in [3.8, 4) is 11.1 Å². The third-order valence-corrected chi connectivity index (χ3v) is 10.4. The molecule has 0 bridgehead atoms. The van der Waals surface area contributed by atoms with Gasteiger partial charge in [0.1, 0.15) is 19.0 Å². The van der Waals surface area contributed by atoms with Gasteiger partial charge in [0.05, 0.1) is 31.8 Å². The molecular formula is C40H39N5O7S. The number of rotatable bonds is 12. The summed E-state index contributed by atoms with van der Waals surface area (Å²) >= 11 is 1.58. The molecule has 0 saturated carbocycles. The quantitative estimate of drug-likeness (QED) is 0.118. The molecule has 0 aliphatic carbocycles. The lowest BCUT2D eigenvalue weighted by molar-refractivity contribution is -0.245. The Morgan fingerprint density at radius 1 is 0.925 bits per heavy atom. The number of aliphatic hydroxyl groups is 1. The van der Waals surface area contributed by atoms with Gasteiger partial charge in [-0.1, -0.05) is 115 Å². The lowest BCUT2D eigenvalue weighted by Gasteiger charge is -2.36. The molecule has 4 unspecified atom stereocenters. The highest BCUT2D eigenvalue weighted by Gasteiger charge is 2.40. The molecule has 13 heteroatoms. The first-order valence-electron chi connectivity index (χ1n) is 17.3. The first kappa shape index (κ1) is 36.0. The van der Waals surface area contributed by atoms with Gasteiger partial charge in [0.25, 0.3) is 5.91 Å². The number of aryl methyl sites for hydroxylation is 1. The van der Waals surface area contributed by atoms with E-state index in [-0.39, 0.29) is 44.3 Å². The van der Waals surface area contributed by atoms with Gasteiger partial charge in [0.2, 0.25) is 5.91 Å². The molecule has 2 N–H and O–H groups in total. The highest BCUT2D eigenvalue weighted by molar-refractivity contribution is 7.99. The fourth-order valence-electron chi connectivity index (χ4n) is 6.39. The number of hydrogen-bond acceptors (Lipinski definition) is 10. The van der Waals surface area contributed by atoms with Gasteiger partial charge in [-0.05, 0) is 33.4 Å². The number of nitrogens with zero attached hydrogens (tertiary/aromatic N) is 4. The van der Waals surface area contributed by atoms with Crippen LogP contribution in [0, 0.1) is 0 Å². The van der Waals surface area contributed by atoms with Crippen LogP contribution in [0.5, 0.6) is 0 Å². The van der Waals surface area contributed by atoms with Crippen molar-refractivity contribution in [2.24, 2.45) is 7.05 Å². The minimum atomic E-state index is -0.994. The number of carbonyl (C=O) groups is 3. The fourth-order valence-corrected chi connectivity index (χ4v) is 7.30. The Labute approximate surface area is 311 Å². The van der Waals surface area contributed by atoms with Gasteiger partial charge in [0, 0.05) is 24.8 Å². The standard InChI is InChI=1S/C40H39N5O7S/c1-44-25-41-43-39(44)53-24-32-19-35(29-13-11-26(22-46)12-14-29)52-38(51-32)30-17-15-28(16-18-30)33-10-6-5-9-31(33)21-45-36(47)20-34(37(45)48)42-40(49)50-23-27-7-3-2-4-8-27/h2-18,25,32,34-35,38,46H,19-24H2,1H3,(H,42,49). The van der Waals surface area contributed by atoms with Gasteiger partial charge in [-0.3, -0.25) is 14.5 Å². The van der Waals surface area contributed by atoms with E-state index >= 15 is 0 Å². The number of hydrogen-bond donors (Lipinski definition) is 2. The van der Waals surface area contributed by atoms with Crippen molar-refractivity contribution in [3.05, 3.63) is 137 Å². The van der Waals surface area contributed by atoms with Crippen molar-refractivity contribution in [1.82, 2.24) is 25.0 Å². The van der Waals surface area contributed by atoms with Crippen LogP contribution in [0.2, 0.25) is 0 Å². The molecule has 3 heterocycles. The van der Waals surface area contributed by atoms with Crippen LogP contribution in [0.4, 0.5) is 4.79 Å². The number of ether oxygens (including phenoxy) is 3. The Balaban J connectivity index is 1.03. The summed E-state index contributed by atoms with van der Waals surface area (Å²) < 4.78 is 20.2. The summed E-state index contributed by atoms with van der Waals surface area (Å²) in [6.45, 7) is 0.0846. The number of thioether (sulfide) groups is 1. The molecule has 12 nitrogen and oxygen atoms in total. The predicted molar refractivity (Wildman–Crippen MR) is 196 cm³/mol. The van der Waals surface area contributed by atoms with E-state index < -0.39 is 24.3 Å². The number of aromatic nitrogens is 3. The van der Waals surface area contributed by atoms with E-state index in [4.69, 9.17) is 14.2 Å². The Bertz CT molecular complexity index is 2040. The predicted octanol–water partition coefficient (Wildman–Crippen LogP) is 5.87. The van der Waals surface area contributed by atoms with Crippen molar-refractivity contribution in [2.75, 3.05) is 5.75 Å². The van der Waals surface area contributed by atoms with Crippen molar-refractivity contribution >= 4 is 29.7 Å². The molecule has 0 spiro atoms. The van der Waals surface area contributed by atoms with E-state index in [1.54, 1.807) is 18.1 Å². The molecule has 0 radical (unpaired) electrons. The normalized spacial score (nSPS) is 20.1. The Kier molecular flexibility index (Phi) is 11.3. The molecule has 3 amide bonds. The summed E-state index contributed by atoms with van der Waals surface area (Å²) in [4.78, 5) is 39.9. The second-order valence-electron chi connectivity index (χ2n) is 12.9. The molecule has 2 aliphatic heterocycles. The molecule has 2 saturated heterocycles. The zero-order valence-electron chi connectivity index (χ0n) is 29.0. The molecular weight excluding hydrogens is 695 g/mol.